The van der Waals surface area contributed by atoms with Crippen LogP contribution in [-0.2, 0) is 14.4 Å². The number of hydrogen-bond donors (Lipinski definition) is 7. The van der Waals surface area contributed by atoms with Crippen LogP contribution < -0.4 is 11.5 Å². The second kappa shape index (κ2) is 6.07. The number of hydrogen-bond acceptors (Lipinski definition) is 10. The molecule has 2 aliphatic carbocycles. The number of benzene rings is 1. The van der Waals surface area contributed by atoms with Crippen LogP contribution in [0.25, 0.3) is 5.76 Å². The molecule has 1 aliphatic heterocycles. The SMILES string of the molecule is NC(=O)C1=C(O)[C@@]2(O)C(=O)C3=C(O)c4c(O)cccc4SC3[C@H](O)C2[C@H](N)C1=O. The van der Waals surface area contributed by atoms with E-state index in [9.17, 15) is 39.9 Å². The molecule has 1 heterocycles. The lowest BCUT2D eigenvalue weighted by Crippen LogP contribution is -2.70. The first-order valence-corrected chi connectivity index (χ1v) is 9.32. The quantitative estimate of drug-likeness (QED) is 0.266. The molecule has 1 aromatic rings. The number of phenolic OH excluding ortho intramolecular Hbond substituents is 1. The molecule has 9 N–H and O–H groups in total. The van der Waals surface area contributed by atoms with E-state index in [1.54, 1.807) is 6.07 Å². The summed E-state index contributed by atoms with van der Waals surface area (Å²) in [5, 5.41) is 52.1. The fourth-order valence-electron chi connectivity index (χ4n) is 4.20. The molecule has 0 bridgehead atoms. The van der Waals surface area contributed by atoms with Crippen molar-refractivity contribution in [1.29, 1.82) is 0 Å². The van der Waals surface area contributed by atoms with Crippen molar-refractivity contribution in [3.05, 3.63) is 40.7 Å². The van der Waals surface area contributed by atoms with Gasteiger partial charge in [-0.1, -0.05) is 6.07 Å². The van der Waals surface area contributed by atoms with E-state index in [1.165, 1.54) is 12.1 Å². The molecular weight excluding hydrogens is 404 g/mol. The minimum Gasteiger partial charge on any atom is -0.508 e. The number of aliphatic hydroxyl groups excluding tert-OH is 3. The first-order valence-electron chi connectivity index (χ1n) is 8.44. The zero-order valence-electron chi connectivity index (χ0n) is 14.6. The summed E-state index contributed by atoms with van der Waals surface area (Å²) in [6, 6.07) is 2.60. The van der Waals surface area contributed by atoms with E-state index >= 15 is 0 Å². The van der Waals surface area contributed by atoms with Gasteiger partial charge >= 0.3 is 0 Å². The zero-order valence-corrected chi connectivity index (χ0v) is 15.4. The first kappa shape index (κ1) is 19.5. The van der Waals surface area contributed by atoms with Gasteiger partial charge in [0.25, 0.3) is 5.91 Å². The van der Waals surface area contributed by atoms with Crippen LogP contribution in [-0.4, -0.2) is 66.0 Å². The Balaban J connectivity index is 2.01. The third kappa shape index (κ3) is 2.26. The van der Waals surface area contributed by atoms with E-state index in [4.69, 9.17) is 11.5 Å². The maximum Gasteiger partial charge on any atom is 0.255 e. The van der Waals surface area contributed by atoms with Crippen molar-refractivity contribution in [2.75, 3.05) is 0 Å². The molecule has 11 heteroatoms. The number of ketones is 2. The van der Waals surface area contributed by atoms with Crippen molar-refractivity contribution >= 4 is 35.0 Å². The van der Waals surface area contributed by atoms with Gasteiger partial charge in [0.05, 0.1) is 34.5 Å². The van der Waals surface area contributed by atoms with E-state index in [0.29, 0.717) is 4.90 Å². The molecule has 5 atom stereocenters. The number of rotatable bonds is 1. The average molecular weight is 420 g/mol. The Hall–Kier alpha value is -2.86. The number of phenols is 1. The van der Waals surface area contributed by atoms with Crippen molar-refractivity contribution < 1.29 is 39.9 Å². The summed E-state index contributed by atoms with van der Waals surface area (Å²) < 4.78 is 0. The molecule has 4 rings (SSSR count). The van der Waals surface area contributed by atoms with Gasteiger partial charge in [0, 0.05) is 4.90 Å². The second-order valence-corrected chi connectivity index (χ2v) is 8.22. The van der Waals surface area contributed by atoms with E-state index < -0.39 is 69.1 Å². The van der Waals surface area contributed by atoms with E-state index in [0.717, 1.165) is 11.8 Å². The van der Waals surface area contributed by atoms with Gasteiger partial charge in [-0.05, 0) is 12.1 Å². The molecule has 29 heavy (non-hydrogen) atoms. The van der Waals surface area contributed by atoms with Gasteiger partial charge < -0.3 is 37.0 Å². The van der Waals surface area contributed by atoms with Gasteiger partial charge in [-0.25, -0.2) is 0 Å². The largest absolute Gasteiger partial charge is 0.508 e. The first-order chi connectivity index (χ1) is 13.5. The third-order valence-corrected chi connectivity index (χ3v) is 6.93. The molecule has 3 aliphatic rings. The maximum absolute atomic E-state index is 13.2. The highest BCUT2D eigenvalue weighted by Gasteiger charge is 2.66. The summed E-state index contributed by atoms with van der Waals surface area (Å²) in [7, 11) is 0. The number of fused-ring (bicyclic) bond motifs is 3. The number of primary amides is 1. The fraction of sp³-hybridized carbons (Fsp3) is 0.278. The lowest BCUT2D eigenvalue weighted by molar-refractivity contribution is -0.156. The molecule has 1 saturated carbocycles. The zero-order chi connectivity index (χ0) is 21.4. The molecule has 0 spiro atoms. The number of Topliss-reactive ketones (excluding diaryl/α,β-unsaturated/α-hetero) is 2. The number of carbonyl (C=O) groups excluding carboxylic acids is 3. The van der Waals surface area contributed by atoms with Crippen LogP contribution in [0.4, 0.5) is 0 Å². The van der Waals surface area contributed by atoms with Gasteiger partial charge in [0.1, 0.15) is 22.8 Å². The van der Waals surface area contributed by atoms with Gasteiger partial charge in [0.15, 0.2) is 11.4 Å². The molecule has 152 valence electrons. The van der Waals surface area contributed by atoms with Gasteiger partial charge in [0.2, 0.25) is 5.78 Å². The van der Waals surface area contributed by atoms with Crippen LogP contribution in [0, 0.1) is 5.92 Å². The van der Waals surface area contributed by atoms with Crippen molar-refractivity contribution in [1.82, 2.24) is 0 Å². The number of amides is 1. The standard InChI is InChI=1S/C18H16N2O8S/c19-10-9-13(24)14-7(11(22)6-4(21)2-1-3-5(6)29-14)15(25)18(9,28)16(26)8(12(10)23)17(20)27/h1-3,9-10,13-14,21-22,24,26,28H,19H2,(H2,20,27)/t9?,10-,13+,14?,18-/m0/s1. The molecule has 1 amide bonds. The Morgan fingerprint density at radius 1 is 1.17 bits per heavy atom. The molecule has 0 saturated heterocycles. The van der Waals surface area contributed by atoms with Crippen molar-refractivity contribution in [2.45, 2.75) is 27.9 Å². The molecule has 10 nitrogen and oxygen atoms in total. The number of aliphatic hydroxyl groups is 4. The minimum atomic E-state index is -2.96. The molecule has 1 aromatic carbocycles. The Morgan fingerprint density at radius 2 is 1.83 bits per heavy atom. The lowest BCUT2D eigenvalue weighted by atomic mass is 9.61. The number of aromatic hydroxyl groups is 1. The predicted octanol–water partition coefficient (Wildman–Crippen LogP) is -1.37. The van der Waals surface area contributed by atoms with Gasteiger partial charge in [-0.15, -0.1) is 11.8 Å². The van der Waals surface area contributed by atoms with E-state index in [2.05, 4.69) is 0 Å². The Labute approximate surface area is 167 Å². The van der Waals surface area contributed by atoms with Crippen LogP contribution in [0.3, 0.4) is 0 Å². The van der Waals surface area contributed by atoms with Crippen molar-refractivity contribution in [3.8, 4) is 5.75 Å². The van der Waals surface area contributed by atoms with Crippen LogP contribution >= 0.6 is 11.8 Å². The normalized spacial score (nSPS) is 33.9. The summed E-state index contributed by atoms with van der Waals surface area (Å²) >= 11 is 0.921. The molecule has 2 unspecified atom stereocenters. The Morgan fingerprint density at radius 3 is 2.45 bits per heavy atom. The smallest absolute Gasteiger partial charge is 0.255 e. The lowest BCUT2D eigenvalue weighted by Gasteiger charge is -2.50. The topological polar surface area (TPSA) is 204 Å². The molecule has 0 aromatic heterocycles. The fourth-order valence-corrected chi connectivity index (χ4v) is 5.60. The van der Waals surface area contributed by atoms with Crippen LogP contribution in [0.15, 0.2) is 40.0 Å². The number of carbonyl (C=O) groups is 3. The summed E-state index contributed by atoms with van der Waals surface area (Å²) in [5.74, 6) is -7.84. The summed E-state index contributed by atoms with van der Waals surface area (Å²) in [4.78, 5) is 37.6. The molecular formula is C18H16N2O8S. The van der Waals surface area contributed by atoms with Crippen LogP contribution in [0.5, 0.6) is 5.75 Å². The third-order valence-electron chi connectivity index (χ3n) is 5.57. The summed E-state index contributed by atoms with van der Waals surface area (Å²) in [6.07, 6.45) is -1.68. The monoisotopic (exact) mass is 420 g/mol. The number of nitrogens with two attached hydrogens (primary N) is 2. The highest BCUT2D eigenvalue weighted by Crippen LogP contribution is 2.54. The molecule has 1 fully saturated rings. The van der Waals surface area contributed by atoms with Gasteiger partial charge in [-0.2, -0.15) is 0 Å². The van der Waals surface area contributed by atoms with Crippen molar-refractivity contribution in [3.63, 3.8) is 0 Å². The van der Waals surface area contributed by atoms with E-state index in [1.807, 2.05) is 0 Å². The Kier molecular flexibility index (Phi) is 4.07. The van der Waals surface area contributed by atoms with Crippen LogP contribution in [0.2, 0.25) is 0 Å². The molecule has 0 radical (unpaired) electrons. The summed E-state index contributed by atoms with van der Waals surface area (Å²) in [5.41, 5.74) is 6.37. The predicted molar refractivity (Wildman–Crippen MR) is 98.6 cm³/mol. The highest BCUT2D eigenvalue weighted by molar-refractivity contribution is 8.00. The Bertz CT molecular complexity index is 1060. The number of thioether (sulfide) groups is 1. The average Bonchev–Trinajstić information content (AvgIpc) is 2.64. The van der Waals surface area contributed by atoms with Crippen molar-refractivity contribution in [2.24, 2.45) is 17.4 Å². The summed E-state index contributed by atoms with van der Waals surface area (Å²) in [6.45, 7) is 0. The minimum absolute atomic E-state index is 0.0823. The van der Waals surface area contributed by atoms with Gasteiger partial charge in [-0.3, -0.25) is 14.4 Å². The van der Waals surface area contributed by atoms with E-state index in [-0.39, 0.29) is 11.3 Å². The second-order valence-electron chi connectivity index (χ2n) is 7.04. The van der Waals surface area contributed by atoms with Crippen LogP contribution in [0.1, 0.15) is 5.56 Å². The maximum atomic E-state index is 13.2. The highest BCUT2D eigenvalue weighted by atomic mass is 32.2.